The van der Waals surface area contributed by atoms with Crippen LogP contribution in [0.1, 0.15) is 97.3 Å². The van der Waals surface area contributed by atoms with Crippen molar-refractivity contribution in [3.05, 3.63) is 0 Å². The molecule has 0 saturated carbocycles. The Labute approximate surface area is 164 Å². The second kappa shape index (κ2) is 12.8. The van der Waals surface area contributed by atoms with E-state index >= 15 is 0 Å². The van der Waals surface area contributed by atoms with E-state index in [-0.39, 0.29) is 0 Å². The van der Waals surface area contributed by atoms with Crippen LogP contribution in [-0.4, -0.2) is 50.6 Å². The molecule has 1 atom stereocenters. The second-order valence-corrected chi connectivity index (χ2v) is 10.0. The normalized spacial score (nSPS) is 21.4. The molecule has 1 unspecified atom stereocenters. The molecule has 0 N–H and O–H groups in total. The van der Waals surface area contributed by atoms with Crippen molar-refractivity contribution in [3.8, 4) is 0 Å². The molecule has 5 heteroatoms. The van der Waals surface area contributed by atoms with E-state index in [1.807, 2.05) is 0 Å². The Kier molecular flexibility index (Phi) is 11.2. The van der Waals surface area contributed by atoms with Gasteiger partial charge in [0, 0.05) is 6.04 Å². The van der Waals surface area contributed by atoms with Gasteiger partial charge in [-0.1, -0.05) is 82.5 Å². The predicted molar refractivity (Wildman–Crippen MR) is 123 cm³/mol. The summed E-state index contributed by atoms with van der Waals surface area (Å²) in [4.78, 5) is 2.91. The quantitative estimate of drug-likeness (QED) is 0.365. The summed E-state index contributed by atoms with van der Waals surface area (Å²) in [7, 11) is 2.99. The first-order valence-electron chi connectivity index (χ1n) is 11.6. The minimum absolute atomic E-state index is 0.729. The monoisotopic (exact) mass is 361 g/mol. The van der Waals surface area contributed by atoms with Crippen molar-refractivity contribution in [3.63, 3.8) is 0 Å². The molecular formula is C20H42B3NS. The summed E-state index contributed by atoms with van der Waals surface area (Å²) in [6.45, 7) is 8.90. The lowest BCUT2D eigenvalue weighted by Crippen LogP contribution is -2.48. The molecule has 2 aliphatic rings. The van der Waals surface area contributed by atoms with Crippen LogP contribution in [0, 0.1) is 0 Å². The van der Waals surface area contributed by atoms with Gasteiger partial charge >= 0.3 is 0 Å². The van der Waals surface area contributed by atoms with Crippen LogP contribution in [0.2, 0.25) is 5.21 Å². The number of likely N-dealkylation sites (tertiary alicyclic amines) is 1. The van der Waals surface area contributed by atoms with E-state index in [2.05, 4.69) is 30.4 Å². The number of nitrogens with zero attached hydrogens (tertiary/aromatic N) is 1. The van der Waals surface area contributed by atoms with Gasteiger partial charge in [-0.2, -0.15) is 0 Å². The molecule has 0 aromatic carbocycles. The maximum atomic E-state index is 2.91. The molecule has 142 valence electrons. The predicted octanol–water partition coefficient (Wildman–Crippen LogP) is 4.74. The Balaban J connectivity index is 1.75. The number of piperidine rings is 1. The molecule has 0 aromatic heterocycles. The van der Waals surface area contributed by atoms with Gasteiger partial charge in [0.1, 0.15) is 0 Å². The highest BCUT2D eigenvalue weighted by molar-refractivity contribution is 8.24. The fraction of sp³-hybridized carbons (Fsp3) is 1.00. The zero-order valence-corrected chi connectivity index (χ0v) is 18.2. The lowest BCUT2D eigenvalue weighted by molar-refractivity contribution is 0.136. The molecule has 2 saturated heterocycles. The van der Waals surface area contributed by atoms with Crippen LogP contribution < -0.4 is 0 Å². The van der Waals surface area contributed by atoms with Crippen molar-refractivity contribution < 1.29 is 0 Å². The first-order chi connectivity index (χ1) is 12.3. The highest BCUT2D eigenvalue weighted by Crippen LogP contribution is 2.42. The Morgan fingerprint density at radius 1 is 0.880 bits per heavy atom. The fourth-order valence-electron chi connectivity index (χ4n) is 4.97. The van der Waals surface area contributed by atoms with Crippen LogP contribution in [0.15, 0.2) is 0 Å². The number of unbranched alkanes of at least 4 members (excludes halogenated alkanes) is 7. The molecule has 25 heavy (non-hydrogen) atoms. The smallest absolute Gasteiger partial charge is 0.188 e. The van der Waals surface area contributed by atoms with E-state index in [4.69, 9.17) is 0 Å². The zero-order chi connectivity index (χ0) is 17.8. The topological polar surface area (TPSA) is 3.24 Å². The average Bonchev–Trinajstić information content (AvgIpc) is 2.65. The highest BCUT2D eigenvalue weighted by Gasteiger charge is 2.38. The van der Waals surface area contributed by atoms with Crippen LogP contribution >= 0.6 is 11.6 Å². The molecule has 1 spiro atoms. The lowest BCUT2D eigenvalue weighted by Gasteiger charge is -2.45. The van der Waals surface area contributed by atoms with Gasteiger partial charge < -0.3 is 4.90 Å². The average molecular weight is 361 g/mol. The van der Waals surface area contributed by atoms with Crippen LogP contribution in [0.25, 0.3) is 0 Å². The molecule has 2 fully saturated rings. The number of rotatable bonds is 12. The lowest BCUT2D eigenvalue weighted by atomic mass is 9.22. The van der Waals surface area contributed by atoms with E-state index in [0.717, 1.165) is 11.3 Å². The third kappa shape index (κ3) is 7.95. The summed E-state index contributed by atoms with van der Waals surface area (Å²) in [5.74, 6) is 0. The Hall–Kier alpha value is 0.505. The largest absolute Gasteiger partial charge is 0.300 e. The van der Waals surface area contributed by atoms with Crippen LogP contribution in [0.5, 0.6) is 0 Å². The first-order valence-corrected chi connectivity index (χ1v) is 12.8. The highest BCUT2D eigenvalue weighted by atomic mass is 32.2. The fourth-order valence-corrected chi connectivity index (χ4v) is 6.33. The van der Waals surface area contributed by atoms with Gasteiger partial charge in [-0.05, 0) is 38.8 Å². The van der Waals surface area contributed by atoms with Crippen molar-refractivity contribution >= 4 is 32.5 Å². The zero-order valence-electron chi connectivity index (χ0n) is 17.4. The molecule has 0 aromatic rings. The molecule has 2 rings (SSSR count). The number of hydrogen-bond donors (Lipinski definition) is 0. The first kappa shape index (κ1) is 21.8. The van der Waals surface area contributed by atoms with Crippen LogP contribution in [0.4, 0.5) is 0 Å². The molecule has 0 aliphatic carbocycles. The van der Waals surface area contributed by atoms with E-state index < -0.39 is 0 Å². The molecule has 1 nitrogen and oxygen atoms in total. The van der Waals surface area contributed by atoms with Crippen molar-refractivity contribution in [2.45, 2.75) is 109 Å². The Bertz CT molecular complexity index is 327. The number of hydrogen-bond acceptors (Lipinski definition) is 2. The van der Waals surface area contributed by atoms with Crippen molar-refractivity contribution in [1.82, 2.24) is 4.90 Å². The minimum atomic E-state index is 0.729. The summed E-state index contributed by atoms with van der Waals surface area (Å²) in [5, 5.41) is 0.729. The SMILES string of the molecule is CCCCCCCC(CCCCCC)N1CCC2(BBCSB2)CC1. The third-order valence-electron chi connectivity index (χ3n) is 6.81. The van der Waals surface area contributed by atoms with Crippen molar-refractivity contribution in [2.75, 3.05) is 18.7 Å². The van der Waals surface area contributed by atoms with Gasteiger partial charge in [-0.3, -0.25) is 0 Å². The minimum Gasteiger partial charge on any atom is -0.300 e. The molecular weight excluding hydrogens is 319 g/mol. The van der Waals surface area contributed by atoms with Gasteiger partial charge in [0.15, 0.2) is 6.56 Å². The Morgan fingerprint density at radius 3 is 2.04 bits per heavy atom. The standard InChI is InChI=1S/C20H42B3NS/c1-3-5-7-9-11-13-19(12-10-8-6-4-2)24-16-14-20(15-17-24)22-21-18-25-23-20/h19,21-23H,3-18H2,1-2H3. The Morgan fingerprint density at radius 2 is 1.48 bits per heavy atom. The van der Waals surface area contributed by atoms with Crippen molar-refractivity contribution in [1.29, 1.82) is 0 Å². The van der Waals surface area contributed by atoms with E-state index in [9.17, 15) is 0 Å². The summed E-state index contributed by atoms with van der Waals surface area (Å²) in [5.41, 5.74) is 1.42. The molecule has 2 heterocycles. The van der Waals surface area contributed by atoms with Crippen LogP contribution in [0.3, 0.4) is 0 Å². The van der Waals surface area contributed by atoms with E-state index in [1.165, 1.54) is 123 Å². The van der Waals surface area contributed by atoms with Gasteiger partial charge in [-0.25, -0.2) is 11.6 Å². The molecule has 0 amide bonds. The summed E-state index contributed by atoms with van der Waals surface area (Å²) < 4.78 is 0. The molecule has 0 radical (unpaired) electrons. The summed E-state index contributed by atoms with van der Waals surface area (Å²) >= 11 is 2.23. The van der Waals surface area contributed by atoms with Gasteiger partial charge in [-0.15, -0.1) is 0 Å². The maximum absolute atomic E-state index is 2.91. The van der Waals surface area contributed by atoms with Gasteiger partial charge in [0.25, 0.3) is 0 Å². The summed E-state index contributed by atoms with van der Waals surface area (Å²) in [6.07, 6.45) is 18.8. The van der Waals surface area contributed by atoms with Gasteiger partial charge in [0.2, 0.25) is 0 Å². The van der Waals surface area contributed by atoms with Crippen LogP contribution in [-0.2, 0) is 0 Å². The second-order valence-electron chi connectivity index (χ2n) is 8.90. The maximum Gasteiger partial charge on any atom is 0.188 e. The van der Waals surface area contributed by atoms with Crippen molar-refractivity contribution in [2.24, 2.45) is 0 Å². The van der Waals surface area contributed by atoms with E-state index in [1.54, 1.807) is 0 Å². The summed E-state index contributed by atoms with van der Waals surface area (Å²) in [6, 6.07) is 0.895. The molecule has 0 bridgehead atoms. The third-order valence-corrected chi connectivity index (χ3v) is 8.20. The van der Waals surface area contributed by atoms with Gasteiger partial charge in [0.05, 0.1) is 14.3 Å². The molecule has 2 aliphatic heterocycles. The van der Waals surface area contributed by atoms with E-state index in [0.29, 0.717) is 0 Å².